The molecular formula is C24H24ClN3O6. The molecule has 1 aliphatic rings. The second-order valence-electron chi connectivity index (χ2n) is 8.10. The van der Waals surface area contributed by atoms with Gasteiger partial charge in [-0.15, -0.1) is 0 Å². The van der Waals surface area contributed by atoms with Crippen molar-refractivity contribution in [1.29, 1.82) is 0 Å². The van der Waals surface area contributed by atoms with Crippen molar-refractivity contribution >= 4 is 46.9 Å². The van der Waals surface area contributed by atoms with Gasteiger partial charge in [-0.05, 0) is 30.2 Å². The van der Waals surface area contributed by atoms with Gasteiger partial charge in [0.1, 0.15) is 6.04 Å². The monoisotopic (exact) mass is 485 g/mol. The van der Waals surface area contributed by atoms with Crippen LogP contribution in [-0.2, 0) is 19.1 Å². The third-order valence-corrected chi connectivity index (χ3v) is 5.60. The van der Waals surface area contributed by atoms with E-state index < -0.39 is 48.2 Å². The molecular weight excluding hydrogens is 462 g/mol. The molecule has 0 aromatic heterocycles. The van der Waals surface area contributed by atoms with Crippen LogP contribution in [0.15, 0.2) is 48.5 Å². The number of benzene rings is 2. The minimum atomic E-state index is -1.20. The molecule has 1 heterocycles. The van der Waals surface area contributed by atoms with E-state index in [1.807, 2.05) is 0 Å². The number of amides is 4. The number of nitrogens with one attached hydrogen (secondary N) is 1. The van der Waals surface area contributed by atoms with Crippen LogP contribution in [0.5, 0.6) is 0 Å². The molecule has 1 aliphatic heterocycles. The maximum absolute atomic E-state index is 12.8. The van der Waals surface area contributed by atoms with Gasteiger partial charge in [-0.1, -0.05) is 49.7 Å². The highest BCUT2D eigenvalue weighted by Crippen LogP contribution is 2.27. The number of hydrogen-bond acceptors (Lipinski definition) is 6. The largest absolute Gasteiger partial charge is 0.454 e. The van der Waals surface area contributed by atoms with Gasteiger partial charge in [-0.3, -0.25) is 24.1 Å². The standard InChI is InChI=1S/C24H24ClN3O6/c1-14(2)21(28-22(31)15-8-4-5-9-16(15)23(28)32)24(33)34-13-20(30)27(3)12-19(29)26-18-11-7-6-10-17(18)25/h4-11,14,21H,12-13H2,1-3H3,(H,26,29). The second kappa shape index (κ2) is 10.5. The Morgan fingerprint density at radius 3 is 2.12 bits per heavy atom. The topological polar surface area (TPSA) is 113 Å². The lowest BCUT2D eigenvalue weighted by atomic mass is 10.0. The van der Waals surface area contributed by atoms with Crippen LogP contribution >= 0.6 is 11.6 Å². The second-order valence-corrected chi connectivity index (χ2v) is 8.51. The summed E-state index contributed by atoms with van der Waals surface area (Å²) in [7, 11) is 1.38. The lowest BCUT2D eigenvalue weighted by Crippen LogP contribution is -2.49. The van der Waals surface area contributed by atoms with Crippen LogP contribution in [0.4, 0.5) is 5.69 Å². The van der Waals surface area contributed by atoms with E-state index in [4.69, 9.17) is 16.3 Å². The Labute approximate surface area is 201 Å². The van der Waals surface area contributed by atoms with Gasteiger partial charge in [-0.25, -0.2) is 4.79 Å². The number of halogens is 1. The lowest BCUT2D eigenvalue weighted by Gasteiger charge is -2.27. The summed E-state index contributed by atoms with van der Waals surface area (Å²) in [6.45, 7) is 2.39. The minimum Gasteiger partial charge on any atom is -0.454 e. The van der Waals surface area contributed by atoms with Crippen molar-refractivity contribution in [2.45, 2.75) is 19.9 Å². The third-order valence-electron chi connectivity index (χ3n) is 5.27. The number of nitrogens with zero attached hydrogens (tertiary/aromatic N) is 2. The van der Waals surface area contributed by atoms with Crippen LogP contribution in [0.1, 0.15) is 34.6 Å². The maximum Gasteiger partial charge on any atom is 0.330 e. The zero-order valence-electron chi connectivity index (χ0n) is 18.9. The van der Waals surface area contributed by atoms with Crippen molar-refractivity contribution < 1.29 is 28.7 Å². The number of carbonyl (C=O) groups is 5. The van der Waals surface area contributed by atoms with Gasteiger partial charge in [0, 0.05) is 7.05 Å². The van der Waals surface area contributed by atoms with Crippen LogP contribution in [0.25, 0.3) is 0 Å². The predicted molar refractivity (Wildman–Crippen MR) is 124 cm³/mol. The number of likely N-dealkylation sites (N-methyl/N-ethyl adjacent to an activating group) is 1. The first-order valence-corrected chi connectivity index (χ1v) is 10.9. The van der Waals surface area contributed by atoms with Gasteiger partial charge >= 0.3 is 5.97 Å². The first-order valence-electron chi connectivity index (χ1n) is 10.5. The van der Waals surface area contributed by atoms with E-state index in [2.05, 4.69) is 5.32 Å². The smallest absolute Gasteiger partial charge is 0.330 e. The molecule has 0 spiro atoms. The van der Waals surface area contributed by atoms with Crippen LogP contribution in [0, 0.1) is 5.92 Å². The predicted octanol–water partition coefficient (Wildman–Crippen LogP) is 2.60. The Morgan fingerprint density at radius 2 is 1.56 bits per heavy atom. The Morgan fingerprint density at radius 1 is 1.00 bits per heavy atom. The fourth-order valence-electron chi connectivity index (χ4n) is 3.52. The fraction of sp³-hybridized carbons (Fsp3) is 0.292. The minimum absolute atomic E-state index is 0.214. The summed E-state index contributed by atoms with van der Waals surface area (Å²) in [6, 6.07) is 11.8. The third kappa shape index (κ3) is 5.26. The van der Waals surface area contributed by atoms with E-state index in [9.17, 15) is 24.0 Å². The highest BCUT2D eigenvalue weighted by atomic mass is 35.5. The van der Waals surface area contributed by atoms with Crippen LogP contribution in [-0.4, -0.2) is 65.6 Å². The first kappa shape index (κ1) is 24.9. The Balaban J connectivity index is 1.59. The normalized spacial score (nSPS) is 13.5. The summed E-state index contributed by atoms with van der Waals surface area (Å²) in [6.07, 6.45) is 0. The molecule has 2 aromatic rings. The SMILES string of the molecule is CC(C)C(C(=O)OCC(=O)N(C)CC(=O)Nc1ccccc1Cl)N1C(=O)c2ccccc2C1=O. The Bertz CT molecular complexity index is 1110. The fourth-order valence-corrected chi connectivity index (χ4v) is 3.70. The van der Waals surface area contributed by atoms with Gasteiger partial charge in [-0.2, -0.15) is 0 Å². The molecule has 1 unspecified atom stereocenters. The van der Waals surface area contributed by atoms with Gasteiger partial charge in [0.25, 0.3) is 17.7 Å². The zero-order chi connectivity index (χ0) is 25.0. The van der Waals surface area contributed by atoms with E-state index in [1.54, 1.807) is 50.2 Å². The molecule has 0 radical (unpaired) electrons. The number of rotatable bonds is 8. The number of para-hydroxylation sites is 1. The average Bonchev–Trinajstić information content (AvgIpc) is 3.04. The molecule has 0 fully saturated rings. The van der Waals surface area contributed by atoms with Gasteiger partial charge in [0.15, 0.2) is 6.61 Å². The molecule has 2 aromatic carbocycles. The Hall–Kier alpha value is -3.72. The molecule has 1 atom stereocenters. The highest BCUT2D eigenvalue weighted by Gasteiger charge is 2.44. The summed E-state index contributed by atoms with van der Waals surface area (Å²) in [5.41, 5.74) is 0.833. The lowest BCUT2D eigenvalue weighted by molar-refractivity contribution is -0.156. The molecule has 0 saturated heterocycles. The molecule has 178 valence electrons. The molecule has 9 nitrogen and oxygen atoms in total. The van der Waals surface area contributed by atoms with Gasteiger partial charge in [0.2, 0.25) is 5.91 Å². The van der Waals surface area contributed by atoms with Gasteiger partial charge in [0.05, 0.1) is 28.4 Å². The van der Waals surface area contributed by atoms with Crippen molar-refractivity contribution in [2.75, 3.05) is 25.5 Å². The number of imide groups is 1. The van der Waals surface area contributed by atoms with Crippen molar-refractivity contribution in [2.24, 2.45) is 5.92 Å². The number of esters is 1. The number of carbonyl (C=O) groups excluding carboxylic acids is 5. The zero-order valence-corrected chi connectivity index (χ0v) is 19.7. The van der Waals surface area contributed by atoms with Crippen molar-refractivity contribution in [1.82, 2.24) is 9.80 Å². The summed E-state index contributed by atoms with van der Waals surface area (Å²) in [5.74, 6) is -3.63. The molecule has 3 rings (SSSR count). The van der Waals surface area contributed by atoms with Crippen molar-refractivity contribution in [3.63, 3.8) is 0 Å². The van der Waals surface area contributed by atoms with Crippen LogP contribution in [0.3, 0.4) is 0 Å². The average molecular weight is 486 g/mol. The van der Waals surface area contributed by atoms with Crippen LogP contribution in [0.2, 0.25) is 5.02 Å². The Kier molecular flexibility index (Phi) is 7.68. The van der Waals surface area contributed by atoms with Crippen molar-refractivity contribution in [3.05, 3.63) is 64.7 Å². The van der Waals surface area contributed by atoms with Gasteiger partial charge < -0.3 is 15.0 Å². The number of hydrogen-bond donors (Lipinski definition) is 1. The van der Waals surface area contributed by atoms with Crippen molar-refractivity contribution in [3.8, 4) is 0 Å². The molecule has 34 heavy (non-hydrogen) atoms. The molecule has 4 amide bonds. The molecule has 1 N–H and O–H groups in total. The van der Waals surface area contributed by atoms with E-state index in [1.165, 1.54) is 19.2 Å². The molecule has 0 saturated carbocycles. The van der Waals surface area contributed by atoms with E-state index >= 15 is 0 Å². The number of fused-ring (bicyclic) bond motifs is 1. The quantitative estimate of drug-likeness (QED) is 0.454. The summed E-state index contributed by atoms with van der Waals surface area (Å²) >= 11 is 6.01. The molecule has 0 bridgehead atoms. The maximum atomic E-state index is 12.8. The summed E-state index contributed by atoms with van der Waals surface area (Å²) < 4.78 is 5.15. The molecule has 0 aliphatic carbocycles. The summed E-state index contributed by atoms with van der Waals surface area (Å²) in [4.78, 5) is 64.9. The highest BCUT2D eigenvalue weighted by molar-refractivity contribution is 6.33. The van der Waals surface area contributed by atoms with E-state index in [0.29, 0.717) is 10.7 Å². The first-order chi connectivity index (χ1) is 16.1. The van der Waals surface area contributed by atoms with E-state index in [0.717, 1.165) is 9.80 Å². The number of ether oxygens (including phenoxy) is 1. The number of anilines is 1. The van der Waals surface area contributed by atoms with Crippen LogP contribution < -0.4 is 5.32 Å². The molecule has 10 heteroatoms. The summed E-state index contributed by atoms with van der Waals surface area (Å²) in [5, 5.41) is 2.95. The van der Waals surface area contributed by atoms with E-state index in [-0.39, 0.29) is 17.7 Å².